The number of amides is 1. The van der Waals surface area contributed by atoms with E-state index in [-0.39, 0.29) is 12.2 Å². The van der Waals surface area contributed by atoms with Gasteiger partial charge in [-0.2, -0.15) is 0 Å². The smallest absolute Gasteiger partial charge is 0.280 e. The first-order valence-corrected chi connectivity index (χ1v) is 12.0. The largest absolute Gasteiger partial charge is 0.475 e. The number of pyridine rings is 1. The van der Waals surface area contributed by atoms with Crippen molar-refractivity contribution in [2.24, 2.45) is 11.5 Å². The van der Waals surface area contributed by atoms with Gasteiger partial charge in [-0.3, -0.25) is 4.79 Å². The molecule has 39 heavy (non-hydrogen) atoms. The minimum Gasteiger partial charge on any atom is -0.475 e. The first-order chi connectivity index (χ1) is 18.9. The Balaban J connectivity index is 1.54. The number of carbonyl (C=O) groups is 1. The van der Waals surface area contributed by atoms with E-state index in [2.05, 4.69) is 25.3 Å². The number of ether oxygens (including phenoxy) is 1. The number of nitrogens with one attached hydrogen (secondary N) is 2. The van der Waals surface area contributed by atoms with Crippen LogP contribution in [0.2, 0.25) is 0 Å². The first kappa shape index (κ1) is 25.7. The zero-order valence-electron chi connectivity index (χ0n) is 20.6. The van der Waals surface area contributed by atoms with Crippen molar-refractivity contribution >= 4 is 22.6 Å². The van der Waals surface area contributed by atoms with E-state index in [0.717, 1.165) is 0 Å². The number of alkyl halides is 2. The Hall–Kier alpha value is -4.97. The summed E-state index contributed by atoms with van der Waals surface area (Å²) in [6.07, 6.45) is -1.20. The van der Waals surface area contributed by atoms with Crippen LogP contribution in [0.3, 0.4) is 0 Å². The maximum Gasteiger partial charge on any atom is 0.280 e. The number of benzene rings is 2. The van der Waals surface area contributed by atoms with Gasteiger partial charge in [-0.1, -0.05) is 18.2 Å². The predicted octanol–water partition coefficient (Wildman–Crippen LogP) is 4.07. The lowest BCUT2D eigenvalue weighted by Gasteiger charge is -2.07. The van der Waals surface area contributed by atoms with Crippen LogP contribution in [-0.4, -0.2) is 44.0 Å². The van der Waals surface area contributed by atoms with Gasteiger partial charge in [-0.25, -0.2) is 28.7 Å². The lowest BCUT2D eigenvalue weighted by molar-refractivity contribution is 0.1000. The van der Waals surface area contributed by atoms with Gasteiger partial charge >= 0.3 is 0 Å². The number of primary amides is 1. The van der Waals surface area contributed by atoms with Crippen LogP contribution >= 0.6 is 0 Å². The highest BCUT2D eigenvalue weighted by molar-refractivity contribution is 5.93. The quantitative estimate of drug-likeness (QED) is 0.210. The maximum absolute atomic E-state index is 13.4. The zero-order chi connectivity index (χ0) is 27.4. The van der Waals surface area contributed by atoms with Gasteiger partial charge in [0.2, 0.25) is 11.8 Å². The zero-order valence-corrected chi connectivity index (χ0v) is 20.6. The van der Waals surface area contributed by atoms with Crippen LogP contribution in [0.25, 0.3) is 33.7 Å². The summed E-state index contributed by atoms with van der Waals surface area (Å²) in [5.74, 6) is 0.309. The molecule has 12 heteroatoms. The molecule has 0 saturated heterocycles. The molecule has 0 saturated carbocycles. The number of aromatic amines is 1. The summed E-state index contributed by atoms with van der Waals surface area (Å²) >= 11 is 0. The van der Waals surface area contributed by atoms with E-state index < -0.39 is 12.3 Å². The third kappa shape index (κ3) is 5.80. The second kappa shape index (κ2) is 11.2. The topological polar surface area (TPSA) is 158 Å². The Morgan fingerprint density at radius 1 is 1.03 bits per heavy atom. The molecule has 0 radical (unpaired) electrons. The predicted molar refractivity (Wildman–Crippen MR) is 142 cm³/mol. The number of imidazole rings is 1. The van der Waals surface area contributed by atoms with E-state index in [1.54, 1.807) is 42.5 Å². The normalized spacial score (nSPS) is 11.2. The summed E-state index contributed by atoms with van der Waals surface area (Å²) in [5.41, 5.74) is 14.7. The van der Waals surface area contributed by atoms with Crippen molar-refractivity contribution in [2.45, 2.75) is 13.0 Å². The maximum atomic E-state index is 13.4. The molecule has 2 aromatic carbocycles. The average molecular weight is 531 g/mol. The molecule has 6 N–H and O–H groups in total. The summed E-state index contributed by atoms with van der Waals surface area (Å²) < 4.78 is 32.3. The Morgan fingerprint density at radius 2 is 1.87 bits per heavy atom. The Bertz CT molecular complexity index is 1640. The van der Waals surface area contributed by atoms with Gasteiger partial charge in [0.05, 0.1) is 40.9 Å². The highest BCUT2D eigenvalue weighted by Crippen LogP contribution is 2.32. The summed E-state index contributed by atoms with van der Waals surface area (Å²) in [4.78, 5) is 32.5. The number of hydrogen-bond acceptors (Lipinski definition) is 8. The van der Waals surface area contributed by atoms with Crippen molar-refractivity contribution in [3.8, 4) is 28.5 Å². The number of nitrogens with two attached hydrogens (primary N) is 2. The molecule has 0 fully saturated rings. The molecule has 0 aliphatic rings. The van der Waals surface area contributed by atoms with Gasteiger partial charge in [-0.05, 0) is 42.5 Å². The molecule has 10 nitrogen and oxygen atoms in total. The fourth-order valence-electron chi connectivity index (χ4n) is 3.96. The molecule has 3 heterocycles. The Kier molecular flexibility index (Phi) is 7.37. The third-order valence-corrected chi connectivity index (χ3v) is 5.77. The van der Waals surface area contributed by atoms with Crippen LogP contribution < -0.4 is 21.5 Å². The van der Waals surface area contributed by atoms with E-state index in [4.69, 9.17) is 21.2 Å². The van der Waals surface area contributed by atoms with Crippen molar-refractivity contribution in [3.63, 3.8) is 0 Å². The van der Waals surface area contributed by atoms with Crippen LogP contribution in [0.15, 0.2) is 66.9 Å². The number of fused-ring (bicyclic) bond motifs is 1. The molecule has 5 rings (SSSR count). The number of anilines is 1. The van der Waals surface area contributed by atoms with Crippen molar-refractivity contribution in [2.75, 3.05) is 18.5 Å². The molecular weight excluding hydrogens is 506 g/mol. The number of rotatable bonds is 10. The van der Waals surface area contributed by atoms with Gasteiger partial charge in [0.15, 0.2) is 0 Å². The monoisotopic (exact) mass is 530 g/mol. The van der Waals surface area contributed by atoms with Crippen molar-refractivity contribution < 1.29 is 18.3 Å². The summed E-state index contributed by atoms with van der Waals surface area (Å²) in [5, 5.41) is 3.19. The van der Waals surface area contributed by atoms with Crippen molar-refractivity contribution in [3.05, 3.63) is 83.9 Å². The molecule has 198 valence electrons. The van der Waals surface area contributed by atoms with Crippen molar-refractivity contribution in [1.82, 2.24) is 24.9 Å². The second-order valence-electron chi connectivity index (χ2n) is 8.50. The SMILES string of the molecule is NCCOc1cnc2ccc(-c3nc(CNc4cccc(C(N)=O)c4)[nH]c3-c3cccc(C(F)F)n3)cc2n1. The Morgan fingerprint density at radius 3 is 2.67 bits per heavy atom. The first-order valence-electron chi connectivity index (χ1n) is 12.0. The highest BCUT2D eigenvalue weighted by atomic mass is 19.3. The molecule has 0 unspecified atom stereocenters. The van der Waals surface area contributed by atoms with Crippen LogP contribution in [-0.2, 0) is 6.54 Å². The van der Waals surface area contributed by atoms with E-state index in [1.807, 2.05) is 6.07 Å². The van der Waals surface area contributed by atoms with E-state index >= 15 is 0 Å². The minimum absolute atomic E-state index is 0.244. The lowest BCUT2D eigenvalue weighted by Crippen LogP contribution is -2.11. The van der Waals surface area contributed by atoms with Gasteiger partial charge in [0.25, 0.3) is 6.43 Å². The molecule has 0 bridgehead atoms. The van der Waals surface area contributed by atoms with Gasteiger partial charge < -0.3 is 26.5 Å². The van der Waals surface area contributed by atoms with Gasteiger partial charge in [0.1, 0.15) is 18.1 Å². The summed E-state index contributed by atoms with van der Waals surface area (Å²) in [6.45, 7) is 0.882. The average Bonchev–Trinajstić information content (AvgIpc) is 3.39. The third-order valence-electron chi connectivity index (χ3n) is 5.77. The van der Waals surface area contributed by atoms with Crippen LogP contribution in [0, 0.1) is 0 Å². The van der Waals surface area contributed by atoms with Gasteiger partial charge in [-0.15, -0.1) is 0 Å². The van der Waals surface area contributed by atoms with E-state index in [1.165, 1.54) is 18.3 Å². The molecular formula is C27H24F2N8O2. The number of hydrogen-bond donors (Lipinski definition) is 4. The molecule has 0 spiro atoms. The number of halogens is 2. The standard InChI is InChI=1S/C27H24F2N8O2/c28-26(29)20-6-2-5-19(34-20)25-24(15-7-8-18-21(12-15)35-23(14-33-18)39-10-9-30)36-22(37-25)13-32-17-4-1-3-16(11-17)27(31)38/h1-8,11-12,14,26,32H,9-10,13,30H2,(H2,31,38)(H,36,37). The molecule has 5 aromatic rings. The van der Waals surface area contributed by atoms with Crippen LogP contribution in [0.5, 0.6) is 5.88 Å². The molecule has 0 atom stereocenters. The number of nitrogens with zero attached hydrogens (tertiary/aromatic N) is 4. The van der Waals surface area contributed by atoms with Crippen molar-refractivity contribution in [1.29, 1.82) is 0 Å². The van der Waals surface area contributed by atoms with Gasteiger partial charge in [0, 0.05) is 23.4 Å². The lowest BCUT2D eigenvalue weighted by atomic mass is 10.1. The van der Waals surface area contributed by atoms with E-state index in [9.17, 15) is 13.6 Å². The van der Waals surface area contributed by atoms with Crippen LogP contribution in [0.1, 0.15) is 28.3 Å². The second-order valence-corrected chi connectivity index (χ2v) is 8.50. The number of carbonyl (C=O) groups excluding carboxylic acids is 1. The Labute approximate surface area is 221 Å². The van der Waals surface area contributed by atoms with Crippen LogP contribution in [0.4, 0.5) is 14.5 Å². The molecule has 3 aromatic heterocycles. The van der Waals surface area contributed by atoms with E-state index in [0.29, 0.717) is 69.8 Å². The highest BCUT2D eigenvalue weighted by Gasteiger charge is 2.18. The minimum atomic E-state index is -2.72. The number of aromatic nitrogens is 5. The summed E-state index contributed by atoms with van der Waals surface area (Å²) in [6, 6.07) is 16.6. The molecule has 1 amide bonds. The fourth-order valence-corrected chi connectivity index (χ4v) is 3.96. The fraction of sp³-hybridized carbons (Fsp3) is 0.148. The molecule has 0 aliphatic heterocycles. The number of H-pyrrole nitrogens is 1. The molecule has 0 aliphatic carbocycles. The summed E-state index contributed by atoms with van der Waals surface area (Å²) in [7, 11) is 0.